The molecule has 0 aliphatic rings. The quantitative estimate of drug-likeness (QED) is 0.906. The highest BCUT2D eigenvalue weighted by Crippen LogP contribution is 2.35. The van der Waals surface area contributed by atoms with Crippen LogP contribution in [0.1, 0.15) is 11.3 Å². The van der Waals surface area contributed by atoms with Crippen LogP contribution in [0.4, 0.5) is 19.0 Å². The molecule has 1 aromatic carbocycles. The summed E-state index contributed by atoms with van der Waals surface area (Å²) in [6.07, 6.45) is -3.26. The number of alkyl halides is 3. The molecule has 21 heavy (non-hydrogen) atoms. The number of aromatic nitrogens is 2. The van der Waals surface area contributed by atoms with Crippen molar-refractivity contribution in [3.63, 3.8) is 0 Å². The van der Waals surface area contributed by atoms with E-state index in [0.29, 0.717) is 13.0 Å². The lowest BCUT2D eigenvalue weighted by Crippen LogP contribution is -2.13. The first-order chi connectivity index (χ1) is 9.88. The molecule has 2 aromatic rings. The van der Waals surface area contributed by atoms with Gasteiger partial charge in [0.15, 0.2) is 5.69 Å². The van der Waals surface area contributed by atoms with E-state index in [1.165, 1.54) is 12.1 Å². The Hall–Kier alpha value is -2.02. The van der Waals surface area contributed by atoms with Gasteiger partial charge in [0.1, 0.15) is 22.9 Å². The first-order valence-electron chi connectivity index (χ1n) is 5.97. The molecule has 0 spiro atoms. The normalized spacial score (nSPS) is 11.4. The Morgan fingerprint density at radius 1 is 1.14 bits per heavy atom. The number of benzene rings is 1. The number of phenols is 1. The number of anilines is 1. The molecule has 0 saturated carbocycles. The molecule has 0 saturated heterocycles. The van der Waals surface area contributed by atoms with Crippen molar-refractivity contribution in [2.45, 2.75) is 12.6 Å². The fraction of sp³-hybridized carbons (Fsp3) is 0.231. The van der Waals surface area contributed by atoms with Gasteiger partial charge >= 0.3 is 6.18 Å². The van der Waals surface area contributed by atoms with Crippen molar-refractivity contribution < 1.29 is 18.3 Å². The summed E-state index contributed by atoms with van der Waals surface area (Å²) in [6.45, 7) is 0.346. The molecule has 1 aromatic heterocycles. The minimum absolute atomic E-state index is 0.0576. The second kappa shape index (κ2) is 6.17. The number of hydrogen-bond acceptors (Lipinski definition) is 4. The molecule has 0 amide bonds. The molecule has 2 rings (SSSR count). The van der Waals surface area contributed by atoms with E-state index in [9.17, 15) is 13.2 Å². The average Bonchev–Trinajstić information content (AvgIpc) is 2.41. The van der Waals surface area contributed by atoms with Crippen LogP contribution in [0.2, 0.25) is 5.02 Å². The predicted molar refractivity (Wildman–Crippen MR) is 72.3 cm³/mol. The summed E-state index contributed by atoms with van der Waals surface area (Å²) in [6, 6.07) is 6.52. The molecule has 0 unspecified atom stereocenters. The van der Waals surface area contributed by atoms with Crippen LogP contribution in [-0.4, -0.2) is 21.6 Å². The van der Waals surface area contributed by atoms with Crippen molar-refractivity contribution in [3.8, 4) is 5.75 Å². The lowest BCUT2D eigenvalue weighted by Gasteiger charge is -2.11. The third kappa shape index (κ3) is 3.98. The summed E-state index contributed by atoms with van der Waals surface area (Å²) in [5.41, 5.74) is -0.243. The Morgan fingerprint density at radius 3 is 2.43 bits per heavy atom. The highest BCUT2D eigenvalue weighted by Gasteiger charge is 2.36. The molecule has 0 radical (unpaired) electrons. The van der Waals surface area contributed by atoms with Gasteiger partial charge in [-0.05, 0) is 24.1 Å². The monoisotopic (exact) mass is 317 g/mol. The molecule has 4 nitrogen and oxygen atoms in total. The molecule has 0 atom stereocenters. The number of halogens is 4. The van der Waals surface area contributed by atoms with Crippen LogP contribution in [-0.2, 0) is 12.6 Å². The number of hydrogen-bond donors (Lipinski definition) is 2. The van der Waals surface area contributed by atoms with E-state index >= 15 is 0 Å². The maximum Gasteiger partial charge on any atom is 0.435 e. The third-order valence-electron chi connectivity index (χ3n) is 2.70. The summed E-state index contributed by atoms with van der Waals surface area (Å²) in [5, 5.41) is 11.3. The summed E-state index contributed by atoms with van der Waals surface area (Å²) >= 11 is 5.66. The molecule has 0 aliphatic carbocycles. The topological polar surface area (TPSA) is 58.0 Å². The van der Waals surface area contributed by atoms with E-state index in [4.69, 9.17) is 16.7 Å². The van der Waals surface area contributed by atoms with Crippen LogP contribution in [0.15, 0.2) is 30.6 Å². The first-order valence-corrected chi connectivity index (χ1v) is 6.35. The summed E-state index contributed by atoms with van der Waals surface area (Å²) < 4.78 is 37.9. The Labute approximate surface area is 123 Å². The molecule has 0 fully saturated rings. The van der Waals surface area contributed by atoms with Crippen LogP contribution in [0.5, 0.6) is 5.75 Å². The Morgan fingerprint density at radius 2 is 1.81 bits per heavy atom. The van der Waals surface area contributed by atoms with Crippen molar-refractivity contribution in [1.82, 2.24) is 9.97 Å². The minimum Gasteiger partial charge on any atom is -0.508 e. The highest BCUT2D eigenvalue weighted by atomic mass is 35.5. The van der Waals surface area contributed by atoms with Crippen molar-refractivity contribution in [2.24, 2.45) is 0 Å². The van der Waals surface area contributed by atoms with Gasteiger partial charge in [0.25, 0.3) is 0 Å². The van der Waals surface area contributed by atoms with Crippen LogP contribution in [0.3, 0.4) is 0 Å². The number of nitrogens with zero attached hydrogens (tertiary/aromatic N) is 2. The van der Waals surface area contributed by atoms with Crippen LogP contribution in [0.25, 0.3) is 0 Å². The first kappa shape index (κ1) is 15.4. The van der Waals surface area contributed by atoms with Gasteiger partial charge in [0.2, 0.25) is 0 Å². The van der Waals surface area contributed by atoms with Gasteiger partial charge in [0.05, 0.1) is 0 Å². The predicted octanol–water partition coefficient (Wildman–Crippen LogP) is 3.51. The lowest BCUT2D eigenvalue weighted by molar-refractivity contribution is -0.141. The highest BCUT2D eigenvalue weighted by molar-refractivity contribution is 6.33. The van der Waals surface area contributed by atoms with Gasteiger partial charge in [-0.25, -0.2) is 9.97 Å². The van der Waals surface area contributed by atoms with E-state index in [1.54, 1.807) is 12.1 Å². The summed E-state index contributed by atoms with van der Waals surface area (Å²) in [7, 11) is 0. The molecule has 0 bridgehead atoms. The fourth-order valence-corrected chi connectivity index (χ4v) is 1.95. The number of nitrogens with one attached hydrogen (secondary N) is 1. The minimum atomic E-state index is -4.62. The lowest BCUT2D eigenvalue weighted by atomic mass is 10.1. The smallest absolute Gasteiger partial charge is 0.435 e. The Bertz CT molecular complexity index is 617. The maximum atomic E-state index is 12.6. The molecule has 1 heterocycles. The largest absolute Gasteiger partial charge is 0.508 e. The zero-order valence-corrected chi connectivity index (χ0v) is 11.4. The van der Waals surface area contributed by atoms with Crippen LogP contribution in [0, 0.1) is 0 Å². The summed E-state index contributed by atoms with van der Waals surface area (Å²) in [4.78, 5) is 6.85. The number of aromatic hydroxyl groups is 1. The molecule has 2 N–H and O–H groups in total. The van der Waals surface area contributed by atoms with Crippen LogP contribution < -0.4 is 5.32 Å². The van der Waals surface area contributed by atoms with E-state index in [2.05, 4.69) is 15.3 Å². The standard InChI is InChI=1S/C13H11ClF3N3O/c14-10-11(13(15,16)17)19-7-20-12(10)18-6-5-8-1-3-9(21)4-2-8/h1-4,7,21H,5-6H2,(H,18,19,20). The number of rotatable bonds is 4. The van der Waals surface area contributed by atoms with E-state index in [0.717, 1.165) is 11.9 Å². The van der Waals surface area contributed by atoms with Crippen molar-refractivity contribution in [2.75, 3.05) is 11.9 Å². The molecule has 8 heteroatoms. The Balaban J connectivity index is 2.02. The van der Waals surface area contributed by atoms with Gasteiger partial charge in [-0.15, -0.1) is 0 Å². The van der Waals surface area contributed by atoms with Gasteiger partial charge in [0, 0.05) is 6.54 Å². The van der Waals surface area contributed by atoms with Gasteiger partial charge in [-0.1, -0.05) is 23.7 Å². The number of phenolic OH excluding ortho intramolecular Hbond substituents is 1. The fourth-order valence-electron chi connectivity index (χ4n) is 1.68. The van der Waals surface area contributed by atoms with Gasteiger partial charge in [-0.2, -0.15) is 13.2 Å². The third-order valence-corrected chi connectivity index (χ3v) is 3.06. The molecular weight excluding hydrogens is 307 g/mol. The van der Waals surface area contributed by atoms with E-state index < -0.39 is 16.9 Å². The SMILES string of the molecule is Oc1ccc(CCNc2ncnc(C(F)(F)F)c2Cl)cc1. The maximum absolute atomic E-state index is 12.6. The van der Waals surface area contributed by atoms with Crippen LogP contribution >= 0.6 is 11.6 Å². The van der Waals surface area contributed by atoms with Gasteiger partial charge < -0.3 is 10.4 Å². The zero-order chi connectivity index (χ0) is 15.5. The van der Waals surface area contributed by atoms with Crippen molar-refractivity contribution >= 4 is 17.4 Å². The van der Waals surface area contributed by atoms with Crippen molar-refractivity contribution in [3.05, 3.63) is 46.9 Å². The molecule has 0 aliphatic heterocycles. The zero-order valence-electron chi connectivity index (χ0n) is 10.7. The van der Waals surface area contributed by atoms with Gasteiger partial charge in [-0.3, -0.25) is 0 Å². The van der Waals surface area contributed by atoms with E-state index in [1.807, 2.05) is 0 Å². The Kier molecular flexibility index (Phi) is 4.52. The second-order valence-electron chi connectivity index (χ2n) is 4.23. The van der Waals surface area contributed by atoms with Crippen molar-refractivity contribution in [1.29, 1.82) is 0 Å². The summed E-state index contributed by atoms with van der Waals surface area (Å²) in [5.74, 6) is 0.0955. The molecule has 112 valence electrons. The molecular formula is C13H11ClF3N3O. The second-order valence-corrected chi connectivity index (χ2v) is 4.60. The van der Waals surface area contributed by atoms with E-state index in [-0.39, 0.29) is 11.6 Å². The average molecular weight is 318 g/mol.